The van der Waals surface area contributed by atoms with Crippen LogP contribution in [0.25, 0.3) is 76.8 Å². The zero-order valence-electron chi connectivity index (χ0n) is 24.4. The standard InChI is InChI=1S/C42H24F4/c43-29-15-11-27(12-16-29)37-34-22-20-32(46)24-36(34)40(26-9-5-2-6-10-26)42-38(28-13-17-30(44)18-14-28)33-21-19-31(45)23-35(33)39(41(37)42)25-7-3-1-4-8-25/h1-24H. The molecule has 4 heteroatoms. The Morgan fingerprint density at radius 3 is 0.935 bits per heavy atom. The third-order valence-electron chi connectivity index (χ3n) is 8.68. The topological polar surface area (TPSA) is 0 Å². The number of benzene rings is 8. The SMILES string of the molecule is Fc1ccc(-c2c3ccc(F)cc3c(-c3ccccc3)c3c(-c4ccc(F)cc4)c4ccc(F)cc4c(-c4ccccc4)c23)cc1. The van der Waals surface area contributed by atoms with Crippen LogP contribution in [-0.4, -0.2) is 0 Å². The fourth-order valence-electron chi connectivity index (χ4n) is 6.81. The minimum absolute atomic E-state index is 0.382. The van der Waals surface area contributed by atoms with Crippen molar-refractivity contribution in [1.29, 1.82) is 0 Å². The first-order valence-electron chi connectivity index (χ1n) is 14.9. The maximum atomic E-state index is 15.3. The lowest BCUT2D eigenvalue weighted by Gasteiger charge is -2.25. The Hall–Kier alpha value is -5.74. The molecule has 0 aliphatic rings. The summed E-state index contributed by atoms with van der Waals surface area (Å²) >= 11 is 0. The van der Waals surface area contributed by atoms with Crippen LogP contribution in [0.4, 0.5) is 17.6 Å². The number of halogens is 4. The van der Waals surface area contributed by atoms with Gasteiger partial charge in [0, 0.05) is 0 Å². The van der Waals surface area contributed by atoms with E-state index in [-0.39, 0.29) is 11.6 Å². The fraction of sp³-hybridized carbons (Fsp3) is 0. The lowest BCUT2D eigenvalue weighted by atomic mass is 9.77. The molecule has 0 unspecified atom stereocenters. The first-order valence-corrected chi connectivity index (χ1v) is 14.9. The number of hydrogen-bond acceptors (Lipinski definition) is 0. The van der Waals surface area contributed by atoms with Gasteiger partial charge >= 0.3 is 0 Å². The largest absolute Gasteiger partial charge is 0.207 e. The van der Waals surface area contributed by atoms with Gasteiger partial charge in [0.15, 0.2) is 0 Å². The molecule has 8 aromatic carbocycles. The fourth-order valence-corrected chi connectivity index (χ4v) is 6.81. The van der Waals surface area contributed by atoms with Gasteiger partial charge in [-0.05, 0) is 125 Å². The maximum Gasteiger partial charge on any atom is 0.123 e. The molecule has 0 nitrogen and oxygen atoms in total. The maximum absolute atomic E-state index is 15.3. The highest BCUT2D eigenvalue weighted by Gasteiger charge is 2.26. The lowest BCUT2D eigenvalue weighted by molar-refractivity contribution is 0.627. The molecule has 8 aromatic rings. The Morgan fingerprint density at radius 2 is 0.565 bits per heavy atom. The van der Waals surface area contributed by atoms with Gasteiger partial charge in [-0.3, -0.25) is 0 Å². The summed E-state index contributed by atoms with van der Waals surface area (Å²) in [5.41, 5.74) is 6.27. The molecule has 0 saturated heterocycles. The van der Waals surface area contributed by atoms with Crippen molar-refractivity contribution >= 4 is 32.3 Å². The average Bonchev–Trinajstić information content (AvgIpc) is 3.08. The van der Waals surface area contributed by atoms with Crippen molar-refractivity contribution in [3.8, 4) is 44.5 Å². The third kappa shape index (κ3) is 4.53. The molecule has 0 aromatic heterocycles. The van der Waals surface area contributed by atoms with Crippen molar-refractivity contribution in [3.05, 3.63) is 169 Å². The van der Waals surface area contributed by atoms with E-state index in [0.717, 1.165) is 66.1 Å². The van der Waals surface area contributed by atoms with Crippen molar-refractivity contribution in [1.82, 2.24) is 0 Å². The minimum Gasteiger partial charge on any atom is -0.207 e. The van der Waals surface area contributed by atoms with Gasteiger partial charge in [-0.15, -0.1) is 0 Å². The van der Waals surface area contributed by atoms with E-state index >= 15 is 8.78 Å². The molecule has 0 N–H and O–H groups in total. The molecule has 0 saturated carbocycles. The summed E-state index contributed by atoms with van der Waals surface area (Å²) in [7, 11) is 0. The van der Waals surface area contributed by atoms with Crippen LogP contribution in [0, 0.1) is 23.3 Å². The molecule has 0 amide bonds. The number of rotatable bonds is 4. The van der Waals surface area contributed by atoms with Gasteiger partial charge in [-0.2, -0.15) is 0 Å². The van der Waals surface area contributed by atoms with Crippen LogP contribution in [0.2, 0.25) is 0 Å². The van der Waals surface area contributed by atoms with Crippen LogP contribution in [-0.2, 0) is 0 Å². The van der Waals surface area contributed by atoms with E-state index in [2.05, 4.69) is 0 Å². The van der Waals surface area contributed by atoms with Crippen LogP contribution < -0.4 is 0 Å². The van der Waals surface area contributed by atoms with Crippen molar-refractivity contribution < 1.29 is 17.6 Å². The number of fused-ring (bicyclic) bond motifs is 3. The summed E-state index contributed by atoms with van der Waals surface area (Å²) in [6.45, 7) is 0. The van der Waals surface area contributed by atoms with Gasteiger partial charge in [-0.1, -0.05) is 97.1 Å². The van der Waals surface area contributed by atoms with Gasteiger partial charge in [0.25, 0.3) is 0 Å². The molecular formula is C42H24F4. The lowest BCUT2D eigenvalue weighted by Crippen LogP contribution is -1.98. The van der Waals surface area contributed by atoms with E-state index in [1.54, 1.807) is 36.4 Å². The second-order valence-corrected chi connectivity index (χ2v) is 11.4. The van der Waals surface area contributed by atoms with Gasteiger partial charge in [0.2, 0.25) is 0 Å². The zero-order chi connectivity index (χ0) is 31.4. The molecule has 0 aliphatic heterocycles. The van der Waals surface area contributed by atoms with E-state index in [1.165, 1.54) is 48.5 Å². The van der Waals surface area contributed by atoms with Crippen molar-refractivity contribution in [2.75, 3.05) is 0 Å². The van der Waals surface area contributed by atoms with Crippen LogP contribution in [0.5, 0.6) is 0 Å². The predicted octanol–water partition coefficient (Wildman–Crippen LogP) is 12.4. The van der Waals surface area contributed by atoms with E-state index in [1.807, 2.05) is 60.7 Å². The summed E-state index contributed by atoms with van der Waals surface area (Å²) in [5.74, 6) is -1.56. The second-order valence-electron chi connectivity index (χ2n) is 11.4. The smallest absolute Gasteiger partial charge is 0.123 e. The quantitative estimate of drug-likeness (QED) is 0.138. The molecular weight excluding hydrogens is 580 g/mol. The van der Waals surface area contributed by atoms with Gasteiger partial charge in [0.1, 0.15) is 23.3 Å². The Morgan fingerprint density at radius 1 is 0.261 bits per heavy atom. The van der Waals surface area contributed by atoms with E-state index in [9.17, 15) is 8.78 Å². The van der Waals surface area contributed by atoms with Crippen molar-refractivity contribution in [2.24, 2.45) is 0 Å². The molecule has 220 valence electrons. The first kappa shape index (κ1) is 27.8. The van der Waals surface area contributed by atoms with E-state index in [4.69, 9.17) is 0 Å². The Bertz CT molecular complexity index is 2240. The average molecular weight is 605 g/mol. The van der Waals surface area contributed by atoms with Gasteiger partial charge in [0.05, 0.1) is 0 Å². The molecule has 46 heavy (non-hydrogen) atoms. The highest BCUT2D eigenvalue weighted by atomic mass is 19.1. The van der Waals surface area contributed by atoms with Crippen molar-refractivity contribution in [2.45, 2.75) is 0 Å². The zero-order valence-corrected chi connectivity index (χ0v) is 24.4. The summed E-state index contributed by atoms with van der Waals surface area (Å²) in [4.78, 5) is 0. The molecule has 0 bridgehead atoms. The number of hydrogen-bond donors (Lipinski definition) is 0. The molecule has 0 atom stereocenters. The van der Waals surface area contributed by atoms with Crippen LogP contribution >= 0.6 is 0 Å². The normalized spacial score (nSPS) is 11.5. The van der Waals surface area contributed by atoms with E-state index < -0.39 is 11.6 Å². The molecule has 8 rings (SSSR count). The van der Waals surface area contributed by atoms with Crippen LogP contribution in [0.15, 0.2) is 146 Å². The van der Waals surface area contributed by atoms with Crippen LogP contribution in [0.1, 0.15) is 0 Å². The highest BCUT2D eigenvalue weighted by Crippen LogP contribution is 2.53. The molecule has 0 aliphatic carbocycles. The summed E-state index contributed by atoms with van der Waals surface area (Å²) in [6.07, 6.45) is 0. The summed E-state index contributed by atoms with van der Waals surface area (Å²) in [5, 5.41) is 4.46. The Kier molecular flexibility index (Phi) is 6.65. The third-order valence-corrected chi connectivity index (χ3v) is 8.68. The molecule has 0 heterocycles. The van der Waals surface area contributed by atoms with Gasteiger partial charge in [-0.25, -0.2) is 17.6 Å². The highest BCUT2D eigenvalue weighted by molar-refractivity contribution is 6.33. The van der Waals surface area contributed by atoms with Crippen LogP contribution in [0.3, 0.4) is 0 Å². The van der Waals surface area contributed by atoms with Crippen molar-refractivity contribution in [3.63, 3.8) is 0 Å². The van der Waals surface area contributed by atoms with E-state index in [0.29, 0.717) is 10.8 Å². The van der Waals surface area contributed by atoms with Gasteiger partial charge < -0.3 is 0 Å². The summed E-state index contributed by atoms with van der Waals surface area (Å²) < 4.78 is 59.3. The molecule has 0 spiro atoms. The minimum atomic E-state index is -0.399. The molecule has 0 radical (unpaired) electrons. The summed E-state index contributed by atoms with van der Waals surface area (Å²) in [6, 6.07) is 41.5. The predicted molar refractivity (Wildman–Crippen MR) is 181 cm³/mol. The first-order chi connectivity index (χ1) is 22.5. The second kappa shape index (κ2) is 11.0. The molecule has 0 fully saturated rings. The Labute approximate surface area is 262 Å². The monoisotopic (exact) mass is 604 g/mol. The Balaban J connectivity index is 1.77.